The van der Waals surface area contributed by atoms with E-state index in [1.165, 1.54) is 0 Å². The van der Waals surface area contributed by atoms with Crippen LogP contribution in [-0.4, -0.2) is 25.4 Å². The van der Waals surface area contributed by atoms with Crippen molar-refractivity contribution in [2.75, 3.05) is 6.61 Å². The summed E-state index contributed by atoms with van der Waals surface area (Å²) in [6, 6.07) is 0. The molecule has 0 rings (SSSR count). The summed E-state index contributed by atoms with van der Waals surface area (Å²) in [4.78, 5) is 22.3. The van der Waals surface area contributed by atoms with Gasteiger partial charge < -0.3 is 9.53 Å². The van der Waals surface area contributed by atoms with Crippen molar-refractivity contribution in [1.29, 1.82) is 0 Å². The van der Waals surface area contributed by atoms with E-state index in [2.05, 4.69) is 6.58 Å². The first-order chi connectivity index (χ1) is 6.25. The molecular formula is C9H15ClO3Si. The van der Waals surface area contributed by atoms with Crippen molar-refractivity contribution in [2.45, 2.75) is 26.4 Å². The van der Waals surface area contributed by atoms with E-state index in [0.29, 0.717) is 5.57 Å². The average Bonchev–Trinajstić information content (AvgIpc) is 2.01. The minimum atomic E-state index is -2.24. The molecule has 0 aromatic carbocycles. The summed E-state index contributed by atoms with van der Waals surface area (Å²) >= 11 is 5.89. The van der Waals surface area contributed by atoms with E-state index in [1.807, 2.05) is 0 Å². The van der Waals surface area contributed by atoms with Gasteiger partial charge in [0.1, 0.15) is 5.41 Å². The third-order valence-corrected chi connectivity index (χ3v) is 3.78. The molecule has 80 valence electrons. The van der Waals surface area contributed by atoms with Crippen LogP contribution in [0.5, 0.6) is 0 Å². The highest BCUT2D eigenvalue weighted by Gasteiger charge is 2.27. The maximum atomic E-state index is 11.3. The number of hydrogen-bond acceptors (Lipinski definition) is 3. The van der Waals surface area contributed by atoms with Crippen molar-refractivity contribution in [3.63, 3.8) is 0 Å². The van der Waals surface area contributed by atoms with Gasteiger partial charge in [-0.25, -0.2) is 4.79 Å². The van der Waals surface area contributed by atoms with Gasteiger partial charge >= 0.3 is 5.97 Å². The summed E-state index contributed by atoms with van der Waals surface area (Å²) in [5, 5.41) is -0.00585. The quantitative estimate of drug-likeness (QED) is 0.317. The van der Waals surface area contributed by atoms with Gasteiger partial charge in [0.15, 0.2) is 0 Å². The van der Waals surface area contributed by atoms with Crippen LogP contribution in [0.25, 0.3) is 0 Å². The molecule has 0 N–H and O–H groups in total. The molecule has 0 saturated carbocycles. The molecule has 0 amide bonds. The van der Waals surface area contributed by atoms with Crippen molar-refractivity contribution < 1.29 is 14.3 Å². The highest BCUT2D eigenvalue weighted by atomic mass is 35.6. The van der Waals surface area contributed by atoms with Crippen molar-refractivity contribution in [2.24, 2.45) is 0 Å². The first-order valence-corrected chi connectivity index (χ1v) is 8.31. The van der Waals surface area contributed by atoms with Crippen LogP contribution < -0.4 is 0 Å². The zero-order valence-electron chi connectivity index (χ0n) is 8.72. The summed E-state index contributed by atoms with van der Waals surface area (Å²) in [6.07, 6.45) is 0.196. The van der Waals surface area contributed by atoms with Gasteiger partial charge in [0, 0.05) is 12.0 Å². The van der Waals surface area contributed by atoms with Gasteiger partial charge in [0.25, 0.3) is 0 Å². The van der Waals surface area contributed by atoms with Crippen LogP contribution in [-0.2, 0) is 14.3 Å². The zero-order valence-corrected chi connectivity index (χ0v) is 10.5. The second kappa shape index (κ2) is 5.31. The molecule has 5 heteroatoms. The lowest BCUT2D eigenvalue weighted by Gasteiger charge is -2.11. The number of halogens is 1. The van der Waals surface area contributed by atoms with Gasteiger partial charge in [-0.1, -0.05) is 6.58 Å². The predicted octanol–water partition coefficient (Wildman–Crippen LogP) is 2.05. The second-order valence-corrected chi connectivity index (χ2v) is 9.90. The first-order valence-electron chi connectivity index (χ1n) is 4.30. The van der Waals surface area contributed by atoms with Gasteiger partial charge in [-0.3, -0.25) is 0 Å². The number of hydrogen-bond donors (Lipinski definition) is 0. The first kappa shape index (κ1) is 13.4. The molecule has 0 aliphatic heterocycles. The molecular weight excluding hydrogens is 220 g/mol. The molecule has 0 aliphatic rings. The van der Waals surface area contributed by atoms with Crippen LogP contribution in [0.3, 0.4) is 0 Å². The zero-order chi connectivity index (χ0) is 11.4. The lowest BCUT2D eigenvalue weighted by atomic mass is 10.4. The molecule has 3 nitrogen and oxygen atoms in total. The van der Waals surface area contributed by atoms with Crippen LogP contribution in [0, 0.1) is 0 Å². The molecule has 0 aromatic heterocycles. The van der Waals surface area contributed by atoms with Crippen LogP contribution in [0.1, 0.15) is 13.3 Å². The number of carbonyl (C=O) groups excluding carboxylic acids is 2. The molecule has 0 aliphatic carbocycles. The average molecular weight is 235 g/mol. The standard InChI is InChI=1S/C9H15ClO3Si/c1-7(2)9(12)13-6-5-8(11)14(3,4)10/h1,5-6H2,2-4H3. The van der Waals surface area contributed by atoms with E-state index in [0.717, 1.165) is 0 Å². The van der Waals surface area contributed by atoms with Crippen molar-refractivity contribution in [1.82, 2.24) is 0 Å². The van der Waals surface area contributed by atoms with Crippen LogP contribution in [0.4, 0.5) is 0 Å². The molecule has 0 atom stereocenters. The third-order valence-electron chi connectivity index (χ3n) is 1.57. The summed E-state index contributed by atoms with van der Waals surface area (Å²) in [5.74, 6) is -0.466. The Morgan fingerprint density at radius 3 is 2.29 bits per heavy atom. The van der Waals surface area contributed by atoms with E-state index in [1.54, 1.807) is 20.0 Å². The lowest BCUT2D eigenvalue weighted by molar-refractivity contribution is -0.139. The molecule has 0 heterocycles. The molecule has 0 spiro atoms. The largest absolute Gasteiger partial charge is 0.462 e. The third kappa shape index (κ3) is 5.19. The van der Waals surface area contributed by atoms with E-state index in [-0.39, 0.29) is 18.4 Å². The van der Waals surface area contributed by atoms with Crippen LogP contribution in [0.2, 0.25) is 13.1 Å². The number of rotatable bonds is 5. The Balaban J connectivity index is 3.82. The van der Waals surface area contributed by atoms with E-state index in [9.17, 15) is 9.59 Å². The number of esters is 1. The maximum Gasteiger partial charge on any atom is 0.333 e. The Morgan fingerprint density at radius 2 is 1.93 bits per heavy atom. The highest BCUT2D eigenvalue weighted by Crippen LogP contribution is 2.11. The van der Waals surface area contributed by atoms with Gasteiger partial charge in [-0.2, -0.15) is 11.1 Å². The van der Waals surface area contributed by atoms with Gasteiger partial charge in [-0.15, -0.1) is 0 Å². The van der Waals surface area contributed by atoms with Crippen molar-refractivity contribution >= 4 is 29.8 Å². The SMILES string of the molecule is C=C(C)C(=O)OCCC(=O)[Si](C)(C)Cl. The Hall–Kier alpha value is -0.613. The number of carbonyl (C=O) groups is 2. The van der Waals surface area contributed by atoms with Crippen LogP contribution in [0.15, 0.2) is 12.2 Å². The fraction of sp³-hybridized carbons (Fsp3) is 0.556. The number of ether oxygens (including phenoxy) is 1. The molecule has 0 unspecified atom stereocenters. The fourth-order valence-electron chi connectivity index (χ4n) is 0.657. The fourth-order valence-corrected chi connectivity index (χ4v) is 1.64. The minimum absolute atomic E-state index is 0.00585. The summed E-state index contributed by atoms with van der Waals surface area (Å²) in [7, 11) is -2.24. The van der Waals surface area contributed by atoms with Gasteiger partial charge in [0.2, 0.25) is 7.38 Å². The minimum Gasteiger partial charge on any atom is -0.462 e. The molecule has 14 heavy (non-hydrogen) atoms. The Bertz CT molecular complexity index is 255. The van der Waals surface area contributed by atoms with Gasteiger partial charge in [0.05, 0.1) is 6.61 Å². The Labute approximate surface area is 89.8 Å². The van der Waals surface area contributed by atoms with Crippen molar-refractivity contribution in [3.05, 3.63) is 12.2 Å². The summed E-state index contributed by atoms with van der Waals surface area (Å²) in [6.45, 7) is 8.57. The highest BCUT2D eigenvalue weighted by molar-refractivity contribution is 7.34. The predicted molar refractivity (Wildman–Crippen MR) is 58.7 cm³/mol. The lowest BCUT2D eigenvalue weighted by Crippen LogP contribution is -2.31. The molecule has 0 fully saturated rings. The van der Waals surface area contributed by atoms with Crippen molar-refractivity contribution in [3.8, 4) is 0 Å². The topological polar surface area (TPSA) is 43.4 Å². The molecule has 0 radical (unpaired) electrons. The monoisotopic (exact) mass is 234 g/mol. The normalized spacial score (nSPS) is 10.9. The van der Waals surface area contributed by atoms with E-state index in [4.69, 9.17) is 15.8 Å². The molecule has 0 aromatic rings. The Kier molecular flexibility index (Phi) is 5.08. The van der Waals surface area contributed by atoms with E-state index < -0.39 is 13.4 Å². The smallest absolute Gasteiger partial charge is 0.333 e. The van der Waals surface area contributed by atoms with Crippen LogP contribution >= 0.6 is 11.1 Å². The molecule has 0 saturated heterocycles. The summed E-state index contributed by atoms with van der Waals surface area (Å²) in [5.41, 5.74) is 0.333. The molecule has 0 bridgehead atoms. The summed E-state index contributed by atoms with van der Waals surface area (Å²) < 4.78 is 4.77. The maximum absolute atomic E-state index is 11.3. The Morgan fingerprint density at radius 1 is 1.43 bits per heavy atom. The van der Waals surface area contributed by atoms with Gasteiger partial charge in [-0.05, 0) is 20.0 Å². The van der Waals surface area contributed by atoms with E-state index >= 15 is 0 Å². The second-order valence-electron chi connectivity index (χ2n) is 3.56.